The van der Waals surface area contributed by atoms with Crippen LogP contribution in [-0.2, 0) is 6.54 Å². The molecule has 0 fully saturated rings. The van der Waals surface area contributed by atoms with Gasteiger partial charge in [0.1, 0.15) is 0 Å². The van der Waals surface area contributed by atoms with E-state index in [0.717, 1.165) is 17.1 Å². The number of rotatable bonds is 2. The first-order valence-corrected chi connectivity index (χ1v) is 6.66. The number of para-hydroxylation sites is 1. The number of aromatic amines is 1. The molecule has 0 saturated heterocycles. The number of hydrogen-bond acceptors (Lipinski definition) is 1. The van der Waals surface area contributed by atoms with E-state index in [1.807, 2.05) is 12.1 Å². The number of H-pyrrole nitrogens is 1. The minimum Gasteiger partial charge on any atom is -0.329 e. The molecule has 20 heavy (non-hydrogen) atoms. The highest BCUT2D eigenvalue weighted by Crippen LogP contribution is 2.23. The summed E-state index contributed by atoms with van der Waals surface area (Å²) in [4.78, 5) is 3.02. The maximum Gasteiger partial charge on any atom is 0.178 e. The molecule has 0 spiro atoms. The molecule has 2 aromatic carbocycles. The topological polar surface area (TPSA) is 20.7 Å². The maximum atomic E-state index is 13.2. The minimum atomic E-state index is -0.869. The molecule has 3 aromatic rings. The Bertz CT molecular complexity index is 854. The molecule has 0 atom stereocenters. The van der Waals surface area contributed by atoms with Crippen LogP contribution in [0.3, 0.4) is 0 Å². The first kappa shape index (κ1) is 13.3. The van der Waals surface area contributed by atoms with Crippen molar-refractivity contribution in [2.45, 2.75) is 6.54 Å². The molecule has 0 radical (unpaired) electrons. The van der Waals surface area contributed by atoms with Crippen molar-refractivity contribution in [3.8, 4) is 0 Å². The SMILES string of the molecule is Fc1ccc(Cn2c(=S)[nH]c3c(Cl)cccc32)cc1F. The molecular weight excluding hydrogens is 302 g/mol. The van der Waals surface area contributed by atoms with E-state index in [1.54, 1.807) is 10.6 Å². The van der Waals surface area contributed by atoms with Crippen LogP contribution >= 0.6 is 23.8 Å². The molecule has 3 rings (SSSR count). The lowest BCUT2D eigenvalue weighted by Gasteiger charge is -2.05. The van der Waals surface area contributed by atoms with Crippen LogP contribution in [-0.4, -0.2) is 9.55 Å². The Morgan fingerprint density at radius 2 is 1.95 bits per heavy atom. The summed E-state index contributed by atoms with van der Waals surface area (Å²) < 4.78 is 28.5. The van der Waals surface area contributed by atoms with Gasteiger partial charge >= 0.3 is 0 Å². The quantitative estimate of drug-likeness (QED) is 0.682. The zero-order chi connectivity index (χ0) is 14.3. The molecule has 0 aliphatic rings. The number of nitrogens with zero attached hydrogens (tertiary/aromatic N) is 1. The molecule has 6 heteroatoms. The highest BCUT2D eigenvalue weighted by molar-refractivity contribution is 7.71. The van der Waals surface area contributed by atoms with Crippen molar-refractivity contribution in [1.29, 1.82) is 0 Å². The van der Waals surface area contributed by atoms with Gasteiger partial charge in [0.15, 0.2) is 16.4 Å². The normalized spacial score (nSPS) is 11.2. The Kier molecular flexibility index (Phi) is 3.31. The Morgan fingerprint density at radius 1 is 1.15 bits per heavy atom. The van der Waals surface area contributed by atoms with Crippen molar-refractivity contribution in [2.24, 2.45) is 0 Å². The molecule has 0 bridgehead atoms. The molecule has 0 aliphatic carbocycles. The van der Waals surface area contributed by atoms with Gasteiger partial charge in [-0.05, 0) is 42.0 Å². The third-order valence-corrected chi connectivity index (χ3v) is 3.72. The van der Waals surface area contributed by atoms with Crippen molar-refractivity contribution in [2.75, 3.05) is 0 Å². The predicted molar refractivity (Wildman–Crippen MR) is 77.6 cm³/mol. The minimum absolute atomic E-state index is 0.344. The van der Waals surface area contributed by atoms with Crippen LogP contribution in [0.4, 0.5) is 8.78 Å². The number of benzene rings is 2. The lowest BCUT2D eigenvalue weighted by Crippen LogP contribution is -2.00. The van der Waals surface area contributed by atoms with Crippen LogP contribution in [0.5, 0.6) is 0 Å². The van der Waals surface area contributed by atoms with Crippen LogP contribution < -0.4 is 0 Å². The number of aromatic nitrogens is 2. The smallest absolute Gasteiger partial charge is 0.178 e. The number of fused-ring (bicyclic) bond motifs is 1. The van der Waals surface area contributed by atoms with E-state index in [4.69, 9.17) is 23.8 Å². The summed E-state index contributed by atoms with van der Waals surface area (Å²) >= 11 is 11.3. The standard InChI is InChI=1S/C14H9ClF2N2S/c15-9-2-1-3-12-13(9)18-14(20)19(12)7-8-4-5-10(16)11(17)6-8/h1-6H,7H2,(H,18,20). The Labute approximate surface area is 123 Å². The first-order chi connectivity index (χ1) is 9.56. The summed E-state index contributed by atoms with van der Waals surface area (Å²) in [5.74, 6) is -1.73. The average Bonchev–Trinajstić information content (AvgIpc) is 2.73. The third-order valence-electron chi connectivity index (χ3n) is 3.08. The molecule has 2 nitrogen and oxygen atoms in total. The van der Waals surface area contributed by atoms with Crippen molar-refractivity contribution in [3.05, 3.63) is 63.4 Å². The average molecular weight is 311 g/mol. The van der Waals surface area contributed by atoms with Crippen LogP contribution in [0.15, 0.2) is 36.4 Å². The second-order valence-electron chi connectivity index (χ2n) is 4.40. The van der Waals surface area contributed by atoms with Gasteiger partial charge < -0.3 is 9.55 Å². The van der Waals surface area contributed by atoms with Crippen molar-refractivity contribution < 1.29 is 8.78 Å². The summed E-state index contributed by atoms with van der Waals surface area (Å²) in [5.41, 5.74) is 2.19. The largest absolute Gasteiger partial charge is 0.329 e. The highest BCUT2D eigenvalue weighted by Gasteiger charge is 2.09. The molecule has 0 aliphatic heterocycles. The van der Waals surface area contributed by atoms with Gasteiger partial charge in [-0.1, -0.05) is 23.7 Å². The van der Waals surface area contributed by atoms with Gasteiger partial charge in [0.2, 0.25) is 0 Å². The third kappa shape index (κ3) is 2.23. The van der Waals surface area contributed by atoms with Crippen LogP contribution in [0.2, 0.25) is 5.02 Å². The molecular formula is C14H9ClF2N2S. The number of imidazole rings is 1. The van der Waals surface area contributed by atoms with E-state index in [2.05, 4.69) is 4.98 Å². The van der Waals surface area contributed by atoms with Crippen LogP contribution in [0, 0.1) is 16.4 Å². The van der Waals surface area contributed by atoms with Gasteiger partial charge in [0, 0.05) is 0 Å². The number of nitrogens with one attached hydrogen (secondary N) is 1. The highest BCUT2D eigenvalue weighted by atomic mass is 35.5. The number of hydrogen-bond donors (Lipinski definition) is 1. The van der Waals surface area contributed by atoms with Crippen molar-refractivity contribution >= 4 is 34.9 Å². The summed E-state index contributed by atoms with van der Waals surface area (Å²) in [6, 6.07) is 9.25. The predicted octanol–water partition coefficient (Wildman–Crippen LogP) is 4.68. The number of halogens is 3. The molecule has 1 aromatic heterocycles. The van der Waals surface area contributed by atoms with Crippen LogP contribution in [0.25, 0.3) is 11.0 Å². The summed E-state index contributed by atoms with van der Waals surface area (Å²) in [7, 11) is 0. The fraction of sp³-hybridized carbons (Fsp3) is 0.0714. The Hall–Kier alpha value is -1.72. The van der Waals surface area contributed by atoms with Gasteiger partial charge in [-0.2, -0.15) is 0 Å². The second kappa shape index (κ2) is 5.00. The molecule has 102 valence electrons. The Morgan fingerprint density at radius 3 is 2.70 bits per heavy atom. The maximum absolute atomic E-state index is 13.2. The summed E-state index contributed by atoms with van der Waals surface area (Å²) in [5, 5.41) is 0.567. The van der Waals surface area contributed by atoms with Gasteiger partial charge in [-0.3, -0.25) is 0 Å². The molecule has 1 heterocycles. The van der Waals surface area contributed by atoms with E-state index in [0.29, 0.717) is 21.9 Å². The van der Waals surface area contributed by atoms with E-state index in [9.17, 15) is 8.78 Å². The van der Waals surface area contributed by atoms with Gasteiger partial charge in [0.05, 0.1) is 22.6 Å². The van der Waals surface area contributed by atoms with E-state index in [1.165, 1.54) is 12.1 Å². The Balaban J connectivity index is 2.11. The van der Waals surface area contributed by atoms with Crippen LogP contribution in [0.1, 0.15) is 5.56 Å². The lowest BCUT2D eigenvalue weighted by atomic mass is 10.2. The van der Waals surface area contributed by atoms with E-state index < -0.39 is 11.6 Å². The fourth-order valence-corrected chi connectivity index (χ4v) is 2.60. The van der Waals surface area contributed by atoms with E-state index >= 15 is 0 Å². The van der Waals surface area contributed by atoms with E-state index in [-0.39, 0.29) is 0 Å². The van der Waals surface area contributed by atoms with Gasteiger partial charge in [-0.25, -0.2) is 8.78 Å². The second-order valence-corrected chi connectivity index (χ2v) is 5.19. The molecule has 1 N–H and O–H groups in total. The lowest BCUT2D eigenvalue weighted by molar-refractivity contribution is 0.506. The zero-order valence-electron chi connectivity index (χ0n) is 10.2. The molecule has 0 unspecified atom stereocenters. The van der Waals surface area contributed by atoms with Gasteiger partial charge in [-0.15, -0.1) is 0 Å². The zero-order valence-corrected chi connectivity index (χ0v) is 11.7. The fourth-order valence-electron chi connectivity index (χ4n) is 2.12. The molecule has 0 saturated carbocycles. The van der Waals surface area contributed by atoms with Crippen molar-refractivity contribution in [1.82, 2.24) is 9.55 Å². The monoisotopic (exact) mass is 310 g/mol. The van der Waals surface area contributed by atoms with Crippen molar-refractivity contribution in [3.63, 3.8) is 0 Å². The van der Waals surface area contributed by atoms with Gasteiger partial charge in [0.25, 0.3) is 0 Å². The summed E-state index contributed by atoms with van der Waals surface area (Å²) in [6.45, 7) is 0.344. The summed E-state index contributed by atoms with van der Waals surface area (Å²) in [6.07, 6.45) is 0. The first-order valence-electron chi connectivity index (χ1n) is 5.87. The molecule has 0 amide bonds.